The summed E-state index contributed by atoms with van der Waals surface area (Å²) in [5.41, 5.74) is 2.62. The highest BCUT2D eigenvalue weighted by Crippen LogP contribution is 2.20. The smallest absolute Gasteiger partial charge is 0.150 e. The van der Waals surface area contributed by atoms with Crippen LogP contribution in [0.2, 0.25) is 0 Å². The monoisotopic (exact) mass is 226 g/mol. The van der Waals surface area contributed by atoms with Crippen molar-refractivity contribution >= 4 is 6.29 Å². The predicted molar refractivity (Wildman–Crippen MR) is 67.3 cm³/mol. The molecule has 86 valence electrons. The fraction of sp³-hybridized carbons (Fsp3) is 0.133. The van der Waals surface area contributed by atoms with Crippen molar-refractivity contribution in [1.82, 2.24) is 0 Å². The lowest BCUT2D eigenvalue weighted by Crippen LogP contribution is -1.92. The first-order chi connectivity index (χ1) is 8.29. The molecule has 2 heteroatoms. The molecule has 0 amide bonds. The van der Waals surface area contributed by atoms with Crippen molar-refractivity contribution < 1.29 is 9.90 Å². The Morgan fingerprint density at radius 2 is 1.76 bits per heavy atom. The van der Waals surface area contributed by atoms with Crippen LogP contribution in [-0.4, -0.2) is 11.4 Å². The molecule has 1 N–H and O–H groups in total. The number of carbonyl (C=O) groups excluding carboxylic acids is 1. The van der Waals surface area contributed by atoms with Crippen LogP contribution in [0, 0.1) is 0 Å². The van der Waals surface area contributed by atoms with Crippen LogP contribution < -0.4 is 0 Å². The number of rotatable bonds is 4. The van der Waals surface area contributed by atoms with Crippen LogP contribution in [0.25, 0.3) is 0 Å². The molecule has 0 radical (unpaired) electrons. The minimum absolute atomic E-state index is 0.200. The van der Waals surface area contributed by atoms with Crippen molar-refractivity contribution in [3.8, 4) is 5.75 Å². The molecule has 0 aliphatic carbocycles. The average molecular weight is 226 g/mol. The molecular weight excluding hydrogens is 212 g/mol. The molecule has 2 rings (SSSR count). The van der Waals surface area contributed by atoms with Gasteiger partial charge in [-0.05, 0) is 30.0 Å². The van der Waals surface area contributed by atoms with Crippen LogP contribution in [0.3, 0.4) is 0 Å². The molecular formula is C15H14O2. The normalized spacial score (nSPS) is 10.1. The number of benzene rings is 2. The van der Waals surface area contributed by atoms with Crippen LogP contribution in [0.5, 0.6) is 5.75 Å². The second-order valence-corrected chi connectivity index (χ2v) is 3.99. The molecule has 0 saturated carbocycles. The van der Waals surface area contributed by atoms with Gasteiger partial charge in [0.25, 0.3) is 0 Å². The van der Waals surface area contributed by atoms with Gasteiger partial charge in [-0.3, -0.25) is 4.79 Å². The molecule has 2 aromatic rings. The summed E-state index contributed by atoms with van der Waals surface area (Å²) >= 11 is 0. The standard InChI is InChI=1S/C15H14O2/c16-11-13-7-9-14(15(17)10-13)8-6-12-4-2-1-3-5-12/h1-5,7,9-11,17H,6,8H2. The second kappa shape index (κ2) is 5.30. The van der Waals surface area contributed by atoms with E-state index in [0.717, 1.165) is 24.7 Å². The quantitative estimate of drug-likeness (QED) is 0.814. The van der Waals surface area contributed by atoms with E-state index in [2.05, 4.69) is 12.1 Å². The largest absolute Gasteiger partial charge is 0.508 e. The Balaban J connectivity index is 2.07. The van der Waals surface area contributed by atoms with Crippen LogP contribution in [0.15, 0.2) is 48.5 Å². The van der Waals surface area contributed by atoms with E-state index < -0.39 is 0 Å². The van der Waals surface area contributed by atoms with E-state index in [0.29, 0.717) is 5.56 Å². The predicted octanol–water partition coefficient (Wildman–Crippen LogP) is 2.99. The fourth-order valence-corrected chi connectivity index (χ4v) is 1.79. The van der Waals surface area contributed by atoms with Gasteiger partial charge in [0, 0.05) is 5.56 Å². The van der Waals surface area contributed by atoms with Crippen LogP contribution in [0.1, 0.15) is 21.5 Å². The highest BCUT2D eigenvalue weighted by Gasteiger charge is 2.02. The number of phenols is 1. The molecule has 0 unspecified atom stereocenters. The number of phenolic OH excluding ortho intramolecular Hbond substituents is 1. The molecule has 0 aliphatic rings. The summed E-state index contributed by atoms with van der Waals surface area (Å²) in [5.74, 6) is 0.200. The van der Waals surface area contributed by atoms with E-state index in [1.165, 1.54) is 11.6 Å². The van der Waals surface area contributed by atoms with Gasteiger partial charge >= 0.3 is 0 Å². The molecule has 2 aromatic carbocycles. The van der Waals surface area contributed by atoms with Crippen LogP contribution in [-0.2, 0) is 12.8 Å². The molecule has 0 saturated heterocycles. The maximum Gasteiger partial charge on any atom is 0.150 e. The lowest BCUT2D eigenvalue weighted by molar-refractivity contribution is 0.112. The summed E-state index contributed by atoms with van der Waals surface area (Å²) in [6.07, 6.45) is 2.39. The minimum atomic E-state index is 0.200. The van der Waals surface area contributed by atoms with E-state index in [1.54, 1.807) is 6.07 Å². The van der Waals surface area contributed by atoms with Gasteiger partial charge in [-0.1, -0.05) is 42.5 Å². The van der Waals surface area contributed by atoms with Gasteiger partial charge in [0.15, 0.2) is 0 Å². The summed E-state index contributed by atoms with van der Waals surface area (Å²) in [5, 5.41) is 9.74. The van der Waals surface area contributed by atoms with E-state index in [-0.39, 0.29) is 5.75 Å². The zero-order chi connectivity index (χ0) is 12.1. The van der Waals surface area contributed by atoms with Crippen molar-refractivity contribution in [3.05, 3.63) is 65.2 Å². The highest BCUT2D eigenvalue weighted by atomic mass is 16.3. The minimum Gasteiger partial charge on any atom is -0.508 e. The van der Waals surface area contributed by atoms with E-state index in [9.17, 15) is 9.90 Å². The molecule has 0 aliphatic heterocycles. The van der Waals surface area contributed by atoms with Gasteiger partial charge in [-0.15, -0.1) is 0 Å². The first-order valence-electron chi connectivity index (χ1n) is 5.60. The summed E-state index contributed by atoms with van der Waals surface area (Å²) in [7, 11) is 0. The molecule has 0 aromatic heterocycles. The Bertz CT molecular complexity index is 504. The van der Waals surface area contributed by atoms with Gasteiger partial charge in [0.1, 0.15) is 12.0 Å². The van der Waals surface area contributed by atoms with E-state index in [4.69, 9.17) is 0 Å². The zero-order valence-electron chi connectivity index (χ0n) is 9.47. The third-order valence-electron chi connectivity index (χ3n) is 2.77. The molecule has 0 atom stereocenters. The lowest BCUT2D eigenvalue weighted by Gasteiger charge is -2.05. The van der Waals surface area contributed by atoms with Gasteiger partial charge in [0.2, 0.25) is 0 Å². The molecule has 0 bridgehead atoms. The number of hydrogen-bond donors (Lipinski definition) is 1. The van der Waals surface area contributed by atoms with Crippen molar-refractivity contribution in [2.75, 3.05) is 0 Å². The first-order valence-corrected chi connectivity index (χ1v) is 5.60. The summed E-state index contributed by atoms with van der Waals surface area (Å²) in [6, 6.07) is 15.2. The molecule has 17 heavy (non-hydrogen) atoms. The topological polar surface area (TPSA) is 37.3 Å². The zero-order valence-corrected chi connectivity index (χ0v) is 9.47. The second-order valence-electron chi connectivity index (χ2n) is 3.99. The van der Waals surface area contributed by atoms with Crippen molar-refractivity contribution in [1.29, 1.82) is 0 Å². The van der Waals surface area contributed by atoms with Gasteiger partial charge < -0.3 is 5.11 Å². The fourth-order valence-electron chi connectivity index (χ4n) is 1.79. The Morgan fingerprint density at radius 1 is 1.00 bits per heavy atom. The number of aldehydes is 1. The molecule has 0 spiro atoms. The third-order valence-corrected chi connectivity index (χ3v) is 2.77. The van der Waals surface area contributed by atoms with E-state index in [1.807, 2.05) is 24.3 Å². The number of carbonyl (C=O) groups is 1. The van der Waals surface area contributed by atoms with Crippen LogP contribution in [0.4, 0.5) is 0 Å². The number of aromatic hydroxyl groups is 1. The maximum atomic E-state index is 10.5. The Morgan fingerprint density at radius 3 is 2.41 bits per heavy atom. The maximum absolute atomic E-state index is 10.5. The SMILES string of the molecule is O=Cc1ccc(CCc2ccccc2)c(O)c1. The van der Waals surface area contributed by atoms with Crippen molar-refractivity contribution in [2.45, 2.75) is 12.8 Å². The van der Waals surface area contributed by atoms with Crippen molar-refractivity contribution in [3.63, 3.8) is 0 Å². The highest BCUT2D eigenvalue weighted by molar-refractivity contribution is 5.75. The molecule has 2 nitrogen and oxygen atoms in total. The van der Waals surface area contributed by atoms with Gasteiger partial charge in [-0.25, -0.2) is 0 Å². The van der Waals surface area contributed by atoms with Crippen LogP contribution >= 0.6 is 0 Å². The van der Waals surface area contributed by atoms with Gasteiger partial charge in [0.05, 0.1) is 0 Å². The summed E-state index contributed by atoms with van der Waals surface area (Å²) in [6.45, 7) is 0. The van der Waals surface area contributed by atoms with Gasteiger partial charge in [-0.2, -0.15) is 0 Å². The first kappa shape index (κ1) is 11.4. The van der Waals surface area contributed by atoms with Crippen molar-refractivity contribution in [2.24, 2.45) is 0 Å². The van der Waals surface area contributed by atoms with E-state index >= 15 is 0 Å². The third kappa shape index (κ3) is 2.94. The number of aryl methyl sites for hydroxylation is 2. The summed E-state index contributed by atoms with van der Waals surface area (Å²) in [4.78, 5) is 10.5. The Hall–Kier alpha value is -2.09. The Kier molecular flexibility index (Phi) is 3.55. The number of hydrogen-bond acceptors (Lipinski definition) is 2. The lowest BCUT2D eigenvalue weighted by atomic mass is 10.0. The Labute approximate surface area is 101 Å². The summed E-state index contributed by atoms with van der Waals surface area (Å²) < 4.78 is 0. The molecule has 0 heterocycles. The molecule has 0 fully saturated rings. The average Bonchev–Trinajstić information content (AvgIpc) is 2.38.